The smallest absolute Gasteiger partial charge is 0.262 e. The lowest BCUT2D eigenvalue weighted by molar-refractivity contribution is -0.118. The number of benzene rings is 2. The number of anilines is 1. The minimum absolute atomic E-state index is 0.0278. The molecule has 29 heavy (non-hydrogen) atoms. The van der Waals surface area contributed by atoms with E-state index < -0.39 is 0 Å². The zero-order chi connectivity index (χ0) is 21.8. The van der Waals surface area contributed by atoms with Gasteiger partial charge in [-0.2, -0.15) is 0 Å². The summed E-state index contributed by atoms with van der Waals surface area (Å²) in [4.78, 5) is 12.5. The minimum atomic E-state index is -0.218. The standard InChI is InChI=1S/C25H35NO3/c1-17(2)29-22-12-10-9-11-20(22)26-23(27)16-28-21-14-13-18(24(3,4)5)15-19(21)25(6,7)8/h9-15,17H,16H2,1-8H3,(H,26,27). The first-order valence-corrected chi connectivity index (χ1v) is 10.2. The number of carbonyl (C=O) groups excluding carboxylic acids is 1. The zero-order valence-corrected chi connectivity index (χ0v) is 19.1. The van der Waals surface area contributed by atoms with Crippen molar-refractivity contribution in [2.45, 2.75) is 72.3 Å². The van der Waals surface area contributed by atoms with Crippen LogP contribution in [0.3, 0.4) is 0 Å². The van der Waals surface area contributed by atoms with Crippen LogP contribution in [0.25, 0.3) is 0 Å². The molecule has 2 rings (SSSR count). The van der Waals surface area contributed by atoms with E-state index in [0.717, 1.165) is 11.3 Å². The Morgan fingerprint density at radius 1 is 0.931 bits per heavy atom. The van der Waals surface area contributed by atoms with Gasteiger partial charge in [-0.05, 0) is 54.0 Å². The summed E-state index contributed by atoms with van der Waals surface area (Å²) in [6.45, 7) is 16.9. The molecule has 2 aromatic carbocycles. The molecule has 0 aliphatic carbocycles. The highest BCUT2D eigenvalue weighted by Gasteiger charge is 2.23. The first-order valence-electron chi connectivity index (χ1n) is 10.2. The van der Waals surface area contributed by atoms with Crippen LogP contribution >= 0.6 is 0 Å². The molecular weight excluding hydrogens is 362 g/mol. The van der Waals surface area contributed by atoms with Crippen LogP contribution in [-0.2, 0) is 15.6 Å². The number of rotatable bonds is 6. The Morgan fingerprint density at radius 2 is 1.59 bits per heavy atom. The molecule has 4 heteroatoms. The predicted octanol–water partition coefficient (Wildman–Crippen LogP) is 6.09. The molecule has 0 atom stereocenters. The molecule has 0 radical (unpaired) electrons. The van der Waals surface area contributed by atoms with Gasteiger partial charge in [-0.15, -0.1) is 0 Å². The summed E-state index contributed by atoms with van der Waals surface area (Å²) in [7, 11) is 0. The number of hydrogen-bond donors (Lipinski definition) is 1. The summed E-state index contributed by atoms with van der Waals surface area (Å²) >= 11 is 0. The topological polar surface area (TPSA) is 47.6 Å². The molecule has 0 aromatic heterocycles. The maximum absolute atomic E-state index is 12.5. The van der Waals surface area contributed by atoms with Crippen molar-refractivity contribution in [1.82, 2.24) is 0 Å². The minimum Gasteiger partial charge on any atom is -0.489 e. The van der Waals surface area contributed by atoms with Gasteiger partial charge in [-0.25, -0.2) is 0 Å². The van der Waals surface area contributed by atoms with Gasteiger partial charge < -0.3 is 14.8 Å². The SMILES string of the molecule is CC(C)Oc1ccccc1NC(=O)COc1ccc(C(C)(C)C)cc1C(C)(C)C. The summed E-state index contributed by atoms with van der Waals surface area (Å²) in [5.41, 5.74) is 2.95. The third-order valence-corrected chi connectivity index (χ3v) is 4.54. The average Bonchev–Trinajstić information content (AvgIpc) is 2.59. The lowest BCUT2D eigenvalue weighted by Crippen LogP contribution is -2.23. The Bertz CT molecular complexity index is 842. The molecule has 0 spiro atoms. The van der Waals surface area contributed by atoms with Crippen LogP contribution in [0.5, 0.6) is 11.5 Å². The summed E-state index contributed by atoms with van der Waals surface area (Å²) in [6, 6.07) is 13.7. The Hall–Kier alpha value is -2.49. The van der Waals surface area contributed by atoms with Crippen LogP contribution in [0.4, 0.5) is 5.69 Å². The van der Waals surface area contributed by atoms with Gasteiger partial charge in [0.1, 0.15) is 11.5 Å². The van der Waals surface area contributed by atoms with Gasteiger partial charge in [0.25, 0.3) is 5.91 Å². The van der Waals surface area contributed by atoms with Gasteiger partial charge in [0.2, 0.25) is 0 Å². The van der Waals surface area contributed by atoms with E-state index in [9.17, 15) is 4.79 Å². The van der Waals surface area contributed by atoms with Crippen molar-refractivity contribution in [3.8, 4) is 11.5 Å². The second kappa shape index (κ2) is 8.89. The molecule has 0 bridgehead atoms. The Labute approximate surface area is 175 Å². The van der Waals surface area contributed by atoms with Gasteiger partial charge in [-0.3, -0.25) is 4.79 Å². The molecule has 158 valence electrons. The van der Waals surface area contributed by atoms with E-state index in [4.69, 9.17) is 9.47 Å². The fourth-order valence-electron chi connectivity index (χ4n) is 2.96. The van der Waals surface area contributed by atoms with E-state index >= 15 is 0 Å². The second-order valence-electron chi connectivity index (χ2n) is 9.71. The highest BCUT2D eigenvalue weighted by Crippen LogP contribution is 2.35. The summed E-state index contributed by atoms with van der Waals surface area (Å²) in [6.07, 6.45) is 0.0278. The maximum Gasteiger partial charge on any atom is 0.262 e. The molecule has 1 amide bonds. The van der Waals surface area contributed by atoms with Gasteiger partial charge >= 0.3 is 0 Å². The van der Waals surface area contributed by atoms with Crippen LogP contribution in [0.1, 0.15) is 66.5 Å². The van der Waals surface area contributed by atoms with Crippen LogP contribution in [0.15, 0.2) is 42.5 Å². The summed E-state index contributed by atoms with van der Waals surface area (Å²) < 4.78 is 11.7. The lowest BCUT2D eigenvalue weighted by Gasteiger charge is -2.27. The number of para-hydroxylation sites is 2. The van der Waals surface area contributed by atoms with Crippen LogP contribution < -0.4 is 14.8 Å². The Balaban J connectivity index is 2.15. The number of carbonyl (C=O) groups is 1. The number of amides is 1. The number of nitrogens with one attached hydrogen (secondary N) is 1. The van der Waals surface area contributed by atoms with Crippen molar-refractivity contribution in [2.24, 2.45) is 0 Å². The number of hydrogen-bond acceptors (Lipinski definition) is 3. The Morgan fingerprint density at radius 3 is 2.17 bits per heavy atom. The van der Waals surface area contributed by atoms with Gasteiger partial charge in [-0.1, -0.05) is 65.8 Å². The van der Waals surface area contributed by atoms with Crippen LogP contribution in [-0.4, -0.2) is 18.6 Å². The summed E-state index contributed by atoms with van der Waals surface area (Å²) in [5.74, 6) is 1.18. The number of ether oxygens (including phenoxy) is 2. The van der Waals surface area contributed by atoms with Crippen LogP contribution in [0.2, 0.25) is 0 Å². The molecule has 0 aliphatic heterocycles. The van der Waals surface area contributed by atoms with Crippen molar-refractivity contribution in [3.05, 3.63) is 53.6 Å². The van der Waals surface area contributed by atoms with Gasteiger partial charge in [0, 0.05) is 0 Å². The third-order valence-electron chi connectivity index (χ3n) is 4.54. The quantitative estimate of drug-likeness (QED) is 0.642. The predicted molar refractivity (Wildman–Crippen MR) is 120 cm³/mol. The molecule has 1 N–H and O–H groups in total. The van der Waals surface area contributed by atoms with E-state index in [1.54, 1.807) is 0 Å². The normalized spacial score (nSPS) is 12.0. The Kier molecular flexibility index (Phi) is 6.99. The van der Waals surface area contributed by atoms with Crippen molar-refractivity contribution >= 4 is 11.6 Å². The molecule has 0 unspecified atom stereocenters. The molecule has 0 fully saturated rings. The molecule has 0 saturated carbocycles. The summed E-state index contributed by atoms with van der Waals surface area (Å²) in [5, 5.41) is 2.89. The fraction of sp³-hybridized carbons (Fsp3) is 0.480. The van der Waals surface area contributed by atoms with Crippen LogP contribution in [0, 0.1) is 0 Å². The largest absolute Gasteiger partial charge is 0.489 e. The maximum atomic E-state index is 12.5. The monoisotopic (exact) mass is 397 g/mol. The van der Waals surface area contributed by atoms with Crippen molar-refractivity contribution in [3.63, 3.8) is 0 Å². The lowest BCUT2D eigenvalue weighted by atomic mass is 9.80. The molecular formula is C25H35NO3. The van der Waals surface area contributed by atoms with E-state index in [2.05, 4.69) is 59.0 Å². The zero-order valence-electron chi connectivity index (χ0n) is 19.1. The highest BCUT2D eigenvalue weighted by atomic mass is 16.5. The third kappa shape index (κ3) is 6.52. The molecule has 0 saturated heterocycles. The first-order chi connectivity index (χ1) is 13.4. The molecule has 2 aromatic rings. The molecule has 0 heterocycles. The first kappa shape index (κ1) is 22.8. The van der Waals surface area contributed by atoms with Crippen molar-refractivity contribution in [1.29, 1.82) is 0 Å². The van der Waals surface area contributed by atoms with E-state index in [-0.39, 0.29) is 29.4 Å². The van der Waals surface area contributed by atoms with Crippen molar-refractivity contribution < 1.29 is 14.3 Å². The van der Waals surface area contributed by atoms with Gasteiger partial charge in [0.15, 0.2) is 6.61 Å². The molecule has 4 nitrogen and oxygen atoms in total. The fourth-order valence-corrected chi connectivity index (χ4v) is 2.96. The second-order valence-corrected chi connectivity index (χ2v) is 9.71. The average molecular weight is 398 g/mol. The molecule has 0 aliphatic rings. The highest BCUT2D eigenvalue weighted by molar-refractivity contribution is 5.93. The van der Waals surface area contributed by atoms with E-state index in [1.165, 1.54) is 5.56 Å². The van der Waals surface area contributed by atoms with Crippen molar-refractivity contribution in [2.75, 3.05) is 11.9 Å². The van der Waals surface area contributed by atoms with Gasteiger partial charge in [0.05, 0.1) is 11.8 Å². The van der Waals surface area contributed by atoms with E-state index in [1.807, 2.05) is 44.2 Å². The van der Waals surface area contributed by atoms with E-state index in [0.29, 0.717) is 11.4 Å².